The number of nitrogens with one attached hydrogen (secondary N) is 2. The summed E-state index contributed by atoms with van der Waals surface area (Å²) in [5.41, 5.74) is 0.844. The first kappa shape index (κ1) is 14.5. The van der Waals surface area contributed by atoms with Gasteiger partial charge in [-0.05, 0) is 50.4 Å². The smallest absolute Gasteiger partial charge is 0.241 e. The van der Waals surface area contributed by atoms with Crippen LogP contribution in [0.2, 0.25) is 0 Å². The molecular weight excluding hydrogens is 260 g/mol. The highest BCUT2D eigenvalue weighted by Gasteiger charge is 2.36. The fourth-order valence-electron chi connectivity index (χ4n) is 2.25. The van der Waals surface area contributed by atoms with Gasteiger partial charge in [-0.2, -0.15) is 0 Å². The Morgan fingerprint density at radius 1 is 1.21 bits per heavy atom. The standard InChI is InChI=1S/C14H22N2O2S/c1-3-15-11-12-5-7-13(8-6-12)19(17,18)16-14(2)9-4-10-14/h5-8,15-16H,3-4,9-11H2,1-2H3. The molecule has 0 aliphatic heterocycles. The van der Waals surface area contributed by atoms with Crippen LogP contribution in [-0.4, -0.2) is 20.5 Å². The third kappa shape index (κ3) is 3.55. The average molecular weight is 282 g/mol. The summed E-state index contributed by atoms with van der Waals surface area (Å²) in [6, 6.07) is 7.08. The molecule has 5 heteroatoms. The van der Waals surface area contributed by atoms with Gasteiger partial charge < -0.3 is 5.32 Å². The molecule has 0 heterocycles. The maximum absolute atomic E-state index is 12.2. The van der Waals surface area contributed by atoms with Crippen LogP contribution < -0.4 is 10.0 Å². The lowest BCUT2D eigenvalue weighted by Crippen LogP contribution is -2.50. The molecule has 0 atom stereocenters. The highest BCUT2D eigenvalue weighted by Crippen LogP contribution is 2.32. The monoisotopic (exact) mass is 282 g/mol. The summed E-state index contributed by atoms with van der Waals surface area (Å²) in [5.74, 6) is 0. The Labute approximate surface area is 115 Å². The first-order valence-electron chi connectivity index (χ1n) is 6.79. The predicted octanol–water partition coefficient (Wildman–Crippen LogP) is 2.02. The van der Waals surface area contributed by atoms with Gasteiger partial charge in [0, 0.05) is 12.1 Å². The van der Waals surface area contributed by atoms with Crippen molar-refractivity contribution in [3.63, 3.8) is 0 Å². The van der Waals surface area contributed by atoms with Gasteiger partial charge in [0.05, 0.1) is 4.90 Å². The average Bonchev–Trinajstić information content (AvgIpc) is 2.34. The lowest BCUT2D eigenvalue weighted by molar-refractivity contribution is 0.248. The van der Waals surface area contributed by atoms with Gasteiger partial charge in [-0.1, -0.05) is 19.1 Å². The molecule has 0 radical (unpaired) electrons. The fourth-order valence-corrected chi connectivity index (χ4v) is 3.71. The van der Waals surface area contributed by atoms with E-state index in [1.54, 1.807) is 12.1 Å². The van der Waals surface area contributed by atoms with Gasteiger partial charge in [-0.15, -0.1) is 0 Å². The summed E-state index contributed by atoms with van der Waals surface area (Å²) >= 11 is 0. The van der Waals surface area contributed by atoms with E-state index in [4.69, 9.17) is 0 Å². The topological polar surface area (TPSA) is 58.2 Å². The molecule has 1 saturated carbocycles. The van der Waals surface area contributed by atoms with Crippen LogP contribution in [-0.2, 0) is 16.6 Å². The van der Waals surface area contributed by atoms with Crippen molar-refractivity contribution in [1.29, 1.82) is 0 Å². The zero-order valence-electron chi connectivity index (χ0n) is 11.6. The third-order valence-electron chi connectivity index (χ3n) is 3.65. The van der Waals surface area contributed by atoms with Crippen LogP contribution in [0.4, 0.5) is 0 Å². The SMILES string of the molecule is CCNCc1ccc(S(=O)(=O)NC2(C)CCC2)cc1. The molecule has 2 rings (SSSR count). The van der Waals surface area contributed by atoms with E-state index in [1.807, 2.05) is 26.0 Å². The molecule has 0 unspecified atom stereocenters. The van der Waals surface area contributed by atoms with Crippen molar-refractivity contribution in [2.45, 2.75) is 50.1 Å². The molecule has 1 aromatic carbocycles. The Morgan fingerprint density at radius 3 is 2.32 bits per heavy atom. The number of hydrogen-bond donors (Lipinski definition) is 2. The Balaban J connectivity index is 2.08. The zero-order valence-corrected chi connectivity index (χ0v) is 12.4. The summed E-state index contributed by atoms with van der Waals surface area (Å²) in [6.07, 6.45) is 2.94. The van der Waals surface area contributed by atoms with Gasteiger partial charge >= 0.3 is 0 Å². The molecule has 0 aromatic heterocycles. The van der Waals surface area contributed by atoms with Crippen molar-refractivity contribution >= 4 is 10.0 Å². The summed E-state index contributed by atoms with van der Waals surface area (Å²) in [4.78, 5) is 0.348. The van der Waals surface area contributed by atoms with Crippen LogP contribution in [0, 0.1) is 0 Å². The molecule has 1 aliphatic carbocycles. The summed E-state index contributed by atoms with van der Waals surface area (Å²) < 4.78 is 27.3. The lowest BCUT2D eigenvalue weighted by atomic mass is 9.80. The number of hydrogen-bond acceptors (Lipinski definition) is 3. The molecule has 4 nitrogen and oxygen atoms in total. The van der Waals surface area contributed by atoms with Gasteiger partial charge in [0.2, 0.25) is 10.0 Å². The van der Waals surface area contributed by atoms with E-state index in [9.17, 15) is 8.42 Å². The van der Waals surface area contributed by atoms with Crippen molar-refractivity contribution in [2.75, 3.05) is 6.54 Å². The maximum atomic E-state index is 12.2. The quantitative estimate of drug-likeness (QED) is 0.839. The van der Waals surface area contributed by atoms with Gasteiger partial charge in [-0.25, -0.2) is 13.1 Å². The van der Waals surface area contributed by atoms with Crippen LogP contribution in [0.3, 0.4) is 0 Å². The summed E-state index contributed by atoms with van der Waals surface area (Å²) in [5, 5.41) is 3.21. The van der Waals surface area contributed by atoms with Crippen LogP contribution in [0.1, 0.15) is 38.7 Å². The first-order valence-corrected chi connectivity index (χ1v) is 8.27. The van der Waals surface area contributed by atoms with Crippen LogP contribution in [0.15, 0.2) is 29.2 Å². The van der Waals surface area contributed by atoms with Crippen molar-refractivity contribution in [3.05, 3.63) is 29.8 Å². The molecule has 0 saturated heterocycles. The van der Waals surface area contributed by atoms with E-state index in [-0.39, 0.29) is 5.54 Å². The number of sulfonamides is 1. The van der Waals surface area contributed by atoms with Gasteiger partial charge in [-0.3, -0.25) is 0 Å². The maximum Gasteiger partial charge on any atom is 0.241 e. The molecule has 0 spiro atoms. The second kappa shape index (κ2) is 5.61. The van der Waals surface area contributed by atoms with Crippen molar-refractivity contribution in [2.24, 2.45) is 0 Å². The van der Waals surface area contributed by atoms with Gasteiger partial charge in [0.1, 0.15) is 0 Å². The largest absolute Gasteiger partial charge is 0.313 e. The molecule has 0 amide bonds. The van der Waals surface area contributed by atoms with E-state index < -0.39 is 10.0 Å². The summed E-state index contributed by atoms with van der Waals surface area (Å²) in [7, 11) is -3.39. The normalized spacial score (nSPS) is 18.0. The van der Waals surface area contributed by atoms with Crippen molar-refractivity contribution in [1.82, 2.24) is 10.0 Å². The number of benzene rings is 1. The number of rotatable bonds is 6. The molecular formula is C14H22N2O2S. The summed E-state index contributed by atoms with van der Waals surface area (Å²) in [6.45, 7) is 5.68. The second-order valence-electron chi connectivity index (χ2n) is 5.44. The molecule has 0 bridgehead atoms. The van der Waals surface area contributed by atoms with Crippen LogP contribution >= 0.6 is 0 Å². The van der Waals surface area contributed by atoms with Crippen molar-refractivity contribution in [3.8, 4) is 0 Å². The Hall–Kier alpha value is -0.910. The minimum absolute atomic E-state index is 0.249. The van der Waals surface area contributed by atoms with Gasteiger partial charge in [0.25, 0.3) is 0 Å². The first-order chi connectivity index (χ1) is 8.95. The van der Waals surface area contributed by atoms with Crippen molar-refractivity contribution < 1.29 is 8.42 Å². The molecule has 2 N–H and O–H groups in total. The highest BCUT2D eigenvalue weighted by atomic mass is 32.2. The molecule has 1 fully saturated rings. The fraction of sp³-hybridized carbons (Fsp3) is 0.571. The Morgan fingerprint density at radius 2 is 1.84 bits per heavy atom. The van der Waals surface area contributed by atoms with E-state index in [0.29, 0.717) is 4.90 Å². The molecule has 1 aliphatic rings. The van der Waals surface area contributed by atoms with E-state index in [2.05, 4.69) is 10.0 Å². The van der Waals surface area contributed by atoms with E-state index in [1.165, 1.54) is 0 Å². The highest BCUT2D eigenvalue weighted by molar-refractivity contribution is 7.89. The van der Waals surface area contributed by atoms with Gasteiger partial charge in [0.15, 0.2) is 0 Å². The third-order valence-corrected chi connectivity index (χ3v) is 5.30. The predicted molar refractivity (Wildman–Crippen MR) is 76.4 cm³/mol. The molecule has 1 aromatic rings. The van der Waals surface area contributed by atoms with E-state index in [0.717, 1.165) is 37.9 Å². The minimum atomic E-state index is -3.39. The molecule has 106 valence electrons. The Bertz CT molecular complexity index is 519. The lowest BCUT2D eigenvalue weighted by Gasteiger charge is -2.38. The Kier molecular flexibility index (Phi) is 4.28. The van der Waals surface area contributed by atoms with Crippen LogP contribution in [0.25, 0.3) is 0 Å². The zero-order chi connectivity index (χ0) is 13.9. The second-order valence-corrected chi connectivity index (χ2v) is 7.13. The molecule has 19 heavy (non-hydrogen) atoms. The van der Waals surface area contributed by atoms with E-state index >= 15 is 0 Å². The minimum Gasteiger partial charge on any atom is -0.313 e. The van der Waals surface area contributed by atoms with Crippen LogP contribution in [0.5, 0.6) is 0 Å².